The van der Waals surface area contributed by atoms with E-state index >= 15 is 0 Å². The molecule has 0 unspecified atom stereocenters. The van der Waals surface area contributed by atoms with Crippen LogP contribution in [0.2, 0.25) is 0 Å². The van der Waals surface area contributed by atoms with Crippen molar-refractivity contribution >= 4 is 11.9 Å². The van der Waals surface area contributed by atoms with E-state index in [2.05, 4.69) is 0 Å². The van der Waals surface area contributed by atoms with Gasteiger partial charge in [-0.25, -0.2) is 18.4 Å². The van der Waals surface area contributed by atoms with Crippen LogP contribution in [0.1, 0.15) is 44.7 Å². The van der Waals surface area contributed by atoms with E-state index in [1.54, 1.807) is 36.4 Å². The smallest absolute Gasteiger partial charge is 0.346 e. The van der Waals surface area contributed by atoms with Crippen LogP contribution in [-0.2, 0) is 0 Å². The second-order valence-electron chi connectivity index (χ2n) is 8.33. The molecule has 0 aromatic heterocycles. The molecule has 0 saturated heterocycles. The van der Waals surface area contributed by atoms with E-state index in [1.165, 1.54) is 12.1 Å². The summed E-state index contributed by atoms with van der Waals surface area (Å²) in [7, 11) is 0. The first-order valence-corrected chi connectivity index (χ1v) is 10.9. The molecule has 0 fully saturated rings. The van der Waals surface area contributed by atoms with Crippen LogP contribution >= 0.6 is 0 Å². The van der Waals surface area contributed by atoms with Gasteiger partial charge in [0.2, 0.25) is 0 Å². The number of esters is 2. The highest BCUT2D eigenvalue weighted by Gasteiger charge is 2.27. The molecule has 0 amide bonds. The molecular formula is C28H18F2O6. The third-order valence-electron chi connectivity index (χ3n) is 6.04. The van der Waals surface area contributed by atoms with Gasteiger partial charge < -0.3 is 19.7 Å². The molecule has 1 aliphatic rings. The SMILES string of the molecule is CC1c2cc(OC(=O)c3ccc(O)cc3F)ccc2-c2ccc(OC(=O)c3ccc(O)cc3F)cc21. The number of rotatable bonds is 4. The van der Waals surface area contributed by atoms with Crippen LogP contribution in [0.3, 0.4) is 0 Å². The number of hydrogen-bond acceptors (Lipinski definition) is 6. The zero-order valence-corrected chi connectivity index (χ0v) is 18.8. The maximum Gasteiger partial charge on any atom is 0.346 e. The molecular weight excluding hydrogens is 470 g/mol. The number of phenols is 2. The monoisotopic (exact) mass is 488 g/mol. The Balaban J connectivity index is 1.37. The van der Waals surface area contributed by atoms with Gasteiger partial charge in [-0.1, -0.05) is 19.1 Å². The van der Waals surface area contributed by atoms with Gasteiger partial charge in [0, 0.05) is 18.1 Å². The van der Waals surface area contributed by atoms with Gasteiger partial charge in [0.1, 0.15) is 34.6 Å². The second kappa shape index (κ2) is 8.81. The zero-order chi connectivity index (χ0) is 25.6. The Morgan fingerprint density at radius 3 is 1.47 bits per heavy atom. The predicted molar refractivity (Wildman–Crippen MR) is 125 cm³/mol. The number of phenolic OH excluding ortho intramolecular Hbond substituents is 2. The average Bonchev–Trinajstić information content (AvgIpc) is 3.10. The number of halogens is 2. The Morgan fingerprint density at radius 1 is 0.667 bits per heavy atom. The van der Waals surface area contributed by atoms with Gasteiger partial charge in [-0.2, -0.15) is 0 Å². The fourth-order valence-electron chi connectivity index (χ4n) is 4.25. The van der Waals surface area contributed by atoms with Crippen LogP contribution in [0.4, 0.5) is 8.78 Å². The Bertz CT molecular complexity index is 1430. The molecule has 4 aromatic rings. The summed E-state index contributed by atoms with van der Waals surface area (Å²) in [5.41, 5.74) is 2.90. The van der Waals surface area contributed by atoms with Gasteiger partial charge in [0.15, 0.2) is 0 Å². The van der Waals surface area contributed by atoms with E-state index in [0.717, 1.165) is 46.5 Å². The molecule has 2 N–H and O–H groups in total. The largest absolute Gasteiger partial charge is 0.508 e. The molecule has 0 heterocycles. The van der Waals surface area contributed by atoms with Crippen molar-refractivity contribution in [2.75, 3.05) is 0 Å². The number of carbonyl (C=O) groups is 2. The first-order valence-electron chi connectivity index (χ1n) is 10.9. The van der Waals surface area contributed by atoms with Gasteiger partial charge in [0.05, 0.1) is 11.1 Å². The van der Waals surface area contributed by atoms with Gasteiger partial charge in [-0.3, -0.25) is 0 Å². The van der Waals surface area contributed by atoms with Gasteiger partial charge in [0.25, 0.3) is 0 Å². The summed E-state index contributed by atoms with van der Waals surface area (Å²) in [4.78, 5) is 24.8. The molecule has 4 aromatic carbocycles. The van der Waals surface area contributed by atoms with E-state index in [9.17, 15) is 28.6 Å². The van der Waals surface area contributed by atoms with Crippen LogP contribution in [0.5, 0.6) is 23.0 Å². The topological polar surface area (TPSA) is 93.1 Å². The maximum atomic E-state index is 14.0. The Kier molecular flexibility index (Phi) is 5.64. The number of fused-ring (bicyclic) bond motifs is 3. The third-order valence-corrected chi connectivity index (χ3v) is 6.04. The highest BCUT2D eigenvalue weighted by molar-refractivity contribution is 5.92. The van der Waals surface area contributed by atoms with Crippen LogP contribution in [0.25, 0.3) is 11.1 Å². The summed E-state index contributed by atoms with van der Waals surface area (Å²) >= 11 is 0. The standard InChI is InChI=1S/C28H18F2O6/c1-14-23-12-17(35-27(33)21-6-2-15(31)10-25(21)29)4-8-19(23)20-9-5-18(13-24(14)20)36-28(34)22-7-3-16(32)11-26(22)30/h2-14,31-32H,1H3. The van der Waals surface area contributed by atoms with E-state index in [-0.39, 0.29) is 40.0 Å². The minimum Gasteiger partial charge on any atom is -0.508 e. The zero-order valence-electron chi connectivity index (χ0n) is 18.8. The molecule has 36 heavy (non-hydrogen) atoms. The lowest BCUT2D eigenvalue weighted by Gasteiger charge is -2.10. The number of ether oxygens (including phenoxy) is 2. The lowest BCUT2D eigenvalue weighted by atomic mass is 9.99. The maximum absolute atomic E-state index is 14.0. The molecule has 0 spiro atoms. The molecule has 0 saturated carbocycles. The van der Waals surface area contributed by atoms with Crippen molar-refractivity contribution in [2.45, 2.75) is 12.8 Å². The molecule has 0 aliphatic heterocycles. The third kappa shape index (κ3) is 4.13. The van der Waals surface area contributed by atoms with Crippen molar-refractivity contribution in [2.24, 2.45) is 0 Å². The Labute approximate surface area is 204 Å². The molecule has 0 radical (unpaired) electrons. The lowest BCUT2D eigenvalue weighted by Crippen LogP contribution is -2.11. The summed E-state index contributed by atoms with van der Waals surface area (Å²) in [6.07, 6.45) is 0. The molecule has 5 rings (SSSR count). The van der Waals surface area contributed by atoms with Crippen molar-refractivity contribution in [3.8, 4) is 34.1 Å². The van der Waals surface area contributed by atoms with Crippen LogP contribution in [-0.4, -0.2) is 22.2 Å². The molecule has 8 heteroatoms. The van der Waals surface area contributed by atoms with Crippen molar-refractivity contribution < 1.29 is 38.1 Å². The number of hydrogen-bond donors (Lipinski definition) is 2. The van der Waals surface area contributed by atoms with E-state index in [4.69, 9.17) is 9.47 Å². The second-order valence-corrected chi connectivity index (χ2v) is 8.33. The number of aromatic hydroxyl groups is 2. The quantitative estimate of drug-likeness (QED) is 0.273. The minimum absolute atomic E-state index is 0.150. The highest BCUT2D eigenvalue weighted by atomic mass is 19.1. The Hall–Kier alpha value is -4.72. The molecule has 0 atom stereocenters. The lowest BCUT2D eigenvalue weighted by molar-refractivity contribution is 0.0720. The fraction of sp³-hybridized carbons (Fsp3) is 0.0714. The predicted octanol–water partition coefficient (Wildman–Crippen LogP) is 5.95. The first-order chi connectivity index (χ1) is 17.2. The summed E-state index contributed by atoms with van der Waals surface area (Å²) in [6.45, 7) is 1.93. The molecule has 6 nitrogen and oxygen atoms in total. The van der Waals surface area contributed by atoms with Crippen LogP contribution in [0.15, 0.2) is 72.8 Å². The van der Waals surface area contributed by atoms with Crippen molar-refractivity contribution in [3.63, 3.8) is 0 Å². The van der Waals surface area contributed by atoms with E-state index in [0.29, 0.717) is 0 Å². The Morgan fingerprint density at radius 2 is 1.08 bits per heavy atom. The van der Waals surface area contributed by atoms with Crippen molar-refractivity contribution in [1.29, 1.82) is 0 Å². The summed E-state index contributed by atoms with van der Waals surface area (Å²) in [5, 5.41) is 18.7. The summed E-state index contributed by atoms with van der Waals surface area (Å²) < 4.78 is 38.7. The first kappa shape index (κ1) is 23.0. The normalized spacial score (nSPS) is 12.1. The summed E-state index contributed by atoms with van der Waals surface area (Å²) in [6, 6.07) is 16.5. The fourth-order valence-corrected chi connectivity index (χ4v) is 4.25. The van der Waals surface area contributed by atoms with Crippen molar-refractivity contribution in [1.82, 2.24) is 0 Å². The minimum atomic E-state index is -0.897. The van der Waals surface area contributed by atoms with E-state index < -0.39 is 23.6 Å². The van der Waals surface area contributed by atoms with Gasteiger partial charge in [-0.15, -0.1) is 0 Å². The van der Waals surface area contributed by atoms with Crippen molar-refractivity contribution in [3.05, 3.63) is 107 Å². The van der Waals surface area contributed by atoms with E-state index in [1.807, 2.05) is 6.92 Å². The number of carbonyl (C=O) groups excluding carboxylic acids is 2. The van der Waals surface area contributed by atoms with Gasteiger partial charge >= 0.3 is 11.9 Å². The highest BCUT2D eigenvalue weighted by Crippen LogP contribution is 2.47. The molecule has 180 valence electrons. The molecule has 0 bridgehead atoms. The average molecular weight is 488 g/mol. The summed E-state index contributed by atoms with van der Waals surface area (Å²) in [5.74, 6) is -3.88. The van der Waals surface area contributed by atoms with Crippen LogP contribution < -0.4 is 9.47 Å². The van der Waals surface area contributed by atoms with Gasteiger partial charge in [-0.05, 0) is 70.8 Å². The number of benzene rings is 4. The molecule has 1 aliphatic carbocycles. The van der Waals surface area contributed by atoms with Crippen LogP contribution in [0, 0.1) is 11.6 Å².